The molecule has 1 atom stereocenters. The van der Waals surface area contributed by atoms with Gasteiger partial charge in [0, 0.05) is 0 Å². The molecule has 0 radical (unpaired) electrons. The number of amides is 1. The molecule has 0 unspecified atom stereocenters. The van der Waals surface area contributed by atoms with E-state index in [9.17, 15) is 9.59 Å². The molecule has 1 aliphatic carbocycles. The van der Waals surface area contributed by atoms with Crippen molar-refractivity contribution in [3.63, 3.8) is 0 Å². The molecule has 0 aromatic heterocycles. The van der Waals surface area contributed by atoms with Crippen LogP contribution in [0, 0.1) is 5.92 Å². The van der Waals surface area contributed by atoms with Crippen LogP contribution < -0.4 is 5.32 Å². The summed E-state index contributed by atoms with van der Waals surface area (Å²) in [5, 5.41) is 2.56. The summed E-state index contributed by atoms with van der Waals surface area (Å²) in [5.41, 5.74) is 0. The summed E-state index contributed by atoms with van der Waals surface area (Å²) in [5.74, 6) is 0.138. The summed E-state index contributed by atoms with van der Waals surface area (Å²) in [6.45, 7) is 2.41. The van der Waals surface area contributed by atoms with Gasteiger partial charge in [-0.15, -0.1) is 0 Å². The van der Waals surface area contributed by atoms with Crippen molar-refractivity contribution in [1.82, 2.24) is 5.32 Å². The lowest BCUT2D eigenvalue weighted by atomic mass is 10.1. The Labute approximate surface area is 102 Å². The minimum absolute atomic E-state index is 0.389. The largest absolute Gasteiger partial charge is 0.467 e. The van der Waals surface area contributed by atoms with E-state index in [-0.39, 0.29) is 0 Å². The van der Waals surface area contributed by atoms with Crippen LogP contribution in [0.5, 0.6) is 0 Å². The molecule has 1 saturated carbocycles. The molecule has 1 N–H and O–H groups in total. The number of hydrogen-bond donors (Lipinski definition) is 1. The summed E-state index contributed by atoms with van der Waals surface area (Å²) >= 11 is 0. The number of unbranched alkanes of at least 4 members (excludes halogenated alkanes) is 1. The molecule has 17 heavy (non-hydrogen) atoms. The van der Waals surface area contributed by atoms with Crippen LogP contribution in [0.1, 0.15) is 39.0 Å². The number of rotatable bonds is 7. The molecule has 1 fully saturated rings. The van der Waals surface area contributed by atoms with E-state index in [0.717, 1.165) is 25.7 Å². The lowest BCUT2D eigenvalue weighted by Gasteiger charge is -2.15. The average Bonchev–Trinajstić information content (AvgIpc) is 3.11. The highest BCUT2D eigenvalue weighted by Gasteiger charge is 2.31. The van der Waals surface area contributed by atoms with E-state index in [1.165, 1.54) is 7.11 Å². The number of alkyl carbamates (subject to hydrolysis) is 1. The SMILES string of the molecule is CCCCOC(=O)N[C@@H](CC1CC1)C(=O)OC. The number of methoxy groups -OCH3 is 1. The monoisotopic (exact) mass is 243 g/mol. The molecule has 0 spiro atoms. The van der Waals surface area contributed by atoms with Gasteiger partial charge < -0.3 is 14.8 Å². The molecule has 0 bridgehead atoms. The second-order valence-electron chi connectivity index (χ2n) is 4.39. The number of nitrogens with one attached hydrogen (secondary N) is 1. The van der Waals surface area contributed by atoms with Gasteiger partial charge in [-0.1, -0.05) is 26.2 Å². The normalized spacial score (nSPS) is 16.1. The molecule has 1 rings (SSSR count). The van der Waals surface area contributed by atoms with Crippen molar-refractivity contribution in [2.24, 2.45) is 5.92 Å². The molecule has 98 valence electrons. The van der Waals surface area contributed by atoms with Gasteiger partial charge in [0.2, 0.25) is 0 Å². The van der Waals surface area contributed by atoms with Gasteiger partial charge in [-0.25, -0.2) is 9.59 Å². The van der Waals surface area contributed by atoms with Gasteiger partial charge in [0.25, 0.3) is 0 Å². The van der Waals surface area contributed by atoms with E-state index in [1.807, 2.05) is 6.92 Å². The van der Waals surface area contributed by atoms with Gasteiger partial charge >= 0.3 is 12.1 Å². The van der Waals surface area contributed by atoms with E-state index in [1.54, 1.807) is 0 Å². The Morgan fingerprint density at radius 1 is 1.41 bits per heavy atom. The van der Waals surface area contributed by atoms with Crippen LogP contribution in [0.15, 0.2) is 0 Å². The summed E-state index contributed by atoms with van der Waals surface area (Å²) in [6.07, 6.45) is 4.17. The van der Waals surface area contributed by atoms with Gasteiger partial charge in [-0.05, 0) is 18.8 Å². The predicted octanol–water partition coefficient (Wildman–Crippen LogP) is 1.85. The molecule has 0 aliphatic heterocycles. The van der Waals surface area contributed by atoms with E-state index in [4.69, 9.17) is 4.74 Å². The highest BCUT2D eigenvalue weighted by molar-refractivity contribution is 5.81. The standard InChI is InChI=1S/C12H21NO4/c1-3-4-7-17-12(15)13-10(11(14)16-2)8-9-5-6-9/h9-10H,3-8H2,1-2H3,(H,13,15)/t10-/m0/s1. The van der Waals surface area contributed by atoms with Crippen LogP contribution in [-0.2, 0) is 14.3 Å². The highest BCUT2D eigenvalue weighted by atomic mass is 16.6. The van der Waals surface area contributed by atoms with E-state index in [2.05, 4.69) is 10.1 Å². The quantitative estimate of drug-likeness (QED) is 0.547. The van der Waals surface area contributed by atoms with Gasteiger partial charge in [-0.2, -0.15) is 0 Å². The maximum absolute atomic E-state index is 11.4. The molecule has 5 nitrogen and oxygen atoms in total. The van der Waals surface area contributed by atoms with Crippen LogP contribution >= 0.6 is 0 Å². The number of esters is 1. The van der Waals surface area contributed by atoms with E-state index in [0.29, 0.717) is 18.9 Å². The Hall–Kier alpha value is -1.26. The van der Waals surface area contributed by atoms with Crippen LogP contribution in [0.25, 0.3) is 0 Å². The molecule has 1 amide bonds. The second kappa shape index (κ2) is 7.14. The summed E-state index contributed by atoms with van der Waals surface area (Å²) < 4.78 is 9.61. The minimum Gasteiger partial charge on any atom is -0.467 e. The Kier molecular flexibility index (Phi) is 5.80. The van der Waals surface area contributed by atoms with Crippen molar-refractivity contribution in [3.8, 4) is 0 Å². The van der Waals surface area contributed by atoms with Crippen LogP contribution in [0.3, 0.4) is 0 Å². The number of hydrogen-bond acceptors (Lipinski definition) is 4. The van der Waals surface area contributed by atoms with Crippen LogP contribution in [0.4, 0.5) is 4.79 Å². The van der Waals surface area contributed by atoms with E-state index >= 15 is 0 Å². The van der Waals surface area contributed by atoms with Crippen molar-refractivity contribution in [2.75, 3.05) is 13.7 Å². The maximum atomic E-state index is 11.4. The zero-order valence-corrected chi connectivity index (χ0v) is 10.5. The summed E-state index contributed by atoms with van der Waals surface area (Å²) in [4.78, 5) is 22.9. The smallest absolute Gasteiger partial charge is 0.407 e. The first-order valence-electron chi connectivity index (χ1n) is 6.18. The van der Waals surface area contributed by atoms with Crippen molar-refractivity contribution in [3.05, 3.63) is 0 Å². The number of carbonyl (C=O) groups is 2. The van der Waals surface area contributed by atoms with Crippen molar-refractivity contribution in [2.45, 2.75) is 45.1 Å². The molecular formula is C12H21NO4. The fraction of sp³-hybridized carbons (Fsp3) is 0.833. The Balaban J connectivity index is 2.30. The average molecular weight is 243 g/mol. The number of ether oxygens (including phenoxy) is 2. The van der Waals surface area contributed by atoms with Crippen molar-refractivity contribution >= 4 is 12.1 Å². The fourth-order valence-electron chi connectivity index (χ4n) is 1.54. The molecule has 0 saturated heterocycles. The first-order chi connectivity index (χ1) is 8.17. The zero-order valence-electron chi connectivity index (χ0n) is 10.5. The Morgan fingerprint density at radius 3 is 2.65 bits per heavy atom. The highest BCUT2D eigenvalue weighted by Crippen LogP contribution is 2.33. The molecule has 0 aromatic rings. The summed E-state index contributed by atoms with van der Waals surface area (Å²) in [6, 6.07) is -0.568. The third-order valence-electron chi connectivity index (χ3n) is 2.77. The first kappa shape index (κ1) is 13.8. The third-order valence-corrected chi connectivity index (χ3v) is 2.77. The van der Waals surface area contributed by atoms with Crippen molar-refractivity contribution in [1.29, 1.82) is 0 Å². The second-order valence-corrected chi connectivity index (χ2v) is 4.39. The van der Waals surface area contributed by atoms with Crippen LogP contribution in [0.2, 0.25) is 0 Å². The molecular weight excluding hydrogens is 222 g/mol. The van der Waals surface area contributed by atoms with E-state index < -0.39 is 18.1 Å². The predicted molar refractivity (Wildman–Crippen MR) is 62.5 cm³/mol. The van der Waals surface area contributed by atoms with Gasteiger partial charge in [0.05, 0.1) is 13.7 Å². The van der Waals surface area contributed by atoms with Gasteiger partial charge in [0.15, 0.2) is 0 Å². The lowest BCUT2D eigenvalue weighted by Crippen LogP contribution is -2.42. The molecule has 0 heterocycles. The Morgan fingerprint density at radius 2 is 2.12 bits per heavy atom. The fourth-order valence-corrected chi connectivity index (χ4v) is 1.54. The van der Waals surface area contributed by atoms with Crippen LogP contribution in [-0.4, -0.2) is 31.8 Å². The molecule has 5 heteroatoms. The molecule has 1 aliphatic rings. The lowest BCUT2D eigenvalue weighted by molar-refractivity contribution is -0.143. The molecule has 0 aromatic carbocycles. The summed E-state index contributed by atoms with van der Waals surface area (Å²) in [7, 11) is 1.33. The maximum Gasteiger partial charge on any atom is 0.407 e. The number of carbonyl (C=O) groups excluding carboxylic acids is 2. The van der Waals surface area contributed by atoms with Gasteiger partial charge in [-0.3, -0.25) is 0 Å². The zero-order chi connectivity index (χ0) is 12.7. The van der Waals surface area contributed by atoms with Crippen molar-refractivity contribution < 1.29 is 19.1 Å². The topological polar surface area (TPSA) is 64.6 Å². The third kappa shape index (κ3) is 5.56. The minimum atomic E-state index is -0.568. The first-order valence-corrected chi connectivity index (χ1v) is 6.18. The Bertz CT molecular complexity index is 263. The van der Waals surface area contributed by atoms with Gasteiger partial charge in [0.1, 0.15) is 6.04 Å².